The van der Waals surface area contributed by atoms with Crippen LogP contribution >= 0.6 is 0 Å². The Bertz CT molecular complexity index is 601. The first-order valence-corrected chi connectivity index (χ1v) is 6.96. The van der Waals surface area contributed by atoms with E-state index in [2.05, 4.69) is 5.32 Å². The Balaban J connectivity index is 2.26. The number of halogens is 2. The second-order valence-electron chi connectivity index (χ2n) is 4.80. The number of rotatable bonds is 6. The minimum atomic E-state index is -0.411. The van der Waals surface area contributed by atoms with E-state index < -0.39 is 5.82 Å². The van der Waals surface area contributed by atoms with Crippen molar-refractivity contribution in [2.45, 2.75) is 19.4 Å². The number of hydrogen-bond acceptors (Lipinski definition) is 2. The van der Waals surface area contributed by atoms with Gasteiger partial charge in [0.25, 0.3) is 0 Å². The number of likely N-dealkylation sites (N-methyl/N-ethyl adjacent to an activating group) is 1. The molecular weight excluding hydrogens is 272 g/mol. The summed E-state index contributed by atoms with van der Waals surface area (Å²) < 4.78 is 32.5. The van der Waals surface area contributed by atoms with Crippen LogP contribution in [0.5, 0.6) is 5.75 Å². The summed E-state index contributed by atoms with van der Waals surface area (Å²) in [5.74, 6) is -0.444. The van der Waals surface area contributed by atoms with Gasteiger partial charge in [0.05, 0.1) is 7.11 Å². The number of hydrogen-bond donors (Lipinski definition) is 1. The maximum atomic E-state index is 13.8. The van der Waals surface area contributed by atoms with Crippen LogP contribution in [0.3, 0.4) is 0 Å². The first-order valence-electron chi connectivity index (χ1n) is 6.96. The normalized spacial score (nSPS) is 12.2. The molecule has 4 heteroatoms. The van der Waals surface area contributed by atoms with E-state index in [0.29, 0.717) is 18.5 Å². The molecule has 0 aromatic heterocycles. The predicted molar refractivity (Wildman–Crippen MR) is 79.5 cm³/mol. The van der Waals surface area contributed by atoms with Crippen LogP contribution < -0.4 is 10.1 Å². The van der Waals surface area contributed by atoms with Gasteiger partial charge in [0.1, 0.15) is 5.82 Å². The average molecular weight is 291 g/mol. The summed E-state index contributed by atoms with van der Waals surface area (Å²) in [6, 6.07) is 11.3. The number of methoxy groups -OCH3 is 1. The molecule has 0 aliphatic carbocycles. The molecule has 2 aromatic carbocycles. The van der Waals surface area contributed by atoms with Gasteiger partial charge in [0, 0.05) is 6.04 Å². The Morgan fingerprint density at radius 1 is 1.10 bits per heavy atom. The van der Waals surface area contributed by atoms with E-state index in [1.54, 1.807) is 30.3 Å². The van der Waals surface area contributed by atoms with Crippen LogP contribution in [0.25, 0.3) is 0 Å². The zero-order valence-corrected chi connectivity index (χ0v) is 12.2. The van der Waals surface area contributed by atoms with Crippen LogP contribution in [0.2, 0.25) is 0 Å². The third-order valence-corrected chi connectivity index (χ3v) is 3.41. The standard InChI is InChI=1S/C17H19F2NO/c1-3-20-16(11-12-6-4-5-7-14(12)18)13-8-9-17(21-2)15(19)10-13/h4-10,16,20H,3,11H2,1-2H3. The largest absolute Gasteiger partial charge is 0.494 e. The van der Waals surface area contributed by atoms with Gasteiger partial charge in [-0.3, -0.25) is 0 Å². The topological polar surface area (TPSA) is 21.3 Å². The fourth-order valence-electron chi connectivity index (χ4n) is 2.34. The van der Waals surface area contributed by atoms with Gasteiger partial charge in [0.15, 0.2) is 11.6 Å². The van der Waals surface area contributed by atoms with Crippen molar-refractivity contribution in [3.63, 3.8) is 0 Å². The predicted octanol–water partition coefficient (Wildman–Crippen LogP) is 3.87. The van der Waals surface area contributed by atoms with Crippen molar-refractivity contribution in [2.24, 2.45) is 0 Å². The summed E-state index contributed by atoms with van der Waals surface area (Å²) in [6.07, 6.45) is 0.465. The third kappa shape index (κ3) is 3.79. The highest BCUT2D eigenvalue weighted by atomic mass is 19.1. The Labute approximate surface area is 123 Å². The number of benzene rings is 2. The van der Waals surface area contributed by atoms with Gasteiger partial charge in [0.2, 0.25) is 0 Å². The van der Waals surface area contributed by atoms with Gasteiger partial charge in [-0.2, -0.15) is 0 Å². The molecule has 0 amide bonds. The van der Waals surface area contributed by atoms with Crippen LogP contribution in [0.15, 0.2) is 42.5 Å². The monoisotopic (exact) mass is 291 g/mol. The summed E-state index contributed by atoms with van der Waals surface area (Å²) in [7, 11) is 1.43. The van der Waals surface area contributed by atoms with Crippen molar-refractivity contribution in [2.75, 3.05) is 13.7 Å². The maximum absolute atomic E-state index is 13.8. The molecule has 1 unspecified atom stereocenters. The van der Waals surface area contributed by atoms with E-state index in [9.17, 15) is 8.78 Å². The third-order valence-electron chi connectivity index (χ3n) is 3.41. The van der Waals surface area contributed by atoms with Crippen molar-refractivity contribution in [1.29, 1.82) is 0 Å². The lowest BCUT2D eigenvalue weighted by Crippen LogP contribution is -2.23. The van der Waals surface area contributed by atoms with Crippen molar-refractivity contribution in [3.05, 3.63) is 65.2 Å². The van der Waals surface area contributed by atoms with Gasteiger partial charge in [-0.05, 0) is 42.3 Å². The lowest BCUT2D eigenvalue weighted by molar-refractivity contribution is 0.385. The molecule has 2 aromatic rings. The van der Waals surface area contributed by atoms with E-state index in [-0.39, 0.29) is 17.6 Å². The summed E-state index contributed by atoms with van der Waals surface area (Å²) in [4.78, 5) is 0. The quantitative estimate of drug-likeness (QED) is 0.872. The fraction of sp³-hybridized carbons (Fsp3) is 0.294. The molecule has 0 aliphatic heterocycles. The second kappa shape index (κ2) is 7.18. The Morgan fingerprint density at radius 2 is 1.86 bits per heavy atom. The van der Waals surface area contributed by atoms with Gasteiger partial charge >= 0.3 is 0 Å². The fourth-order valence-corrected chi connectivity index (χ4v) is 2.34. The van der Waals surface area contributed by atoms with Crippen molar-refractivity contribution in [3.8, 4) is 5.75 Å². The number of nitrogens with one attached hydrogen (secondary N) is 1. The van der Waals surface area contributed by atoms with Gasteiger partial charge in [-0.25, -0.2) is 8.78 Å². The molecule has 0 bridgehead atoms. The average Bonchev–Trinajstić information content (AvgIpc) is 2.49. The molecular formula is C17H19F2NO. The summed E-state index contributed by atoms with van der Waals surface area (Å²) in [5, 5.41) is 3.27. The summed E-state index contributed by atoms with van der Waals surface area (Å²) >= 11 is 0. The van der Waals surface area contributed by atoms with Crippen LogP contribution in [0.1, 0.15) is 24.1 Å². The SMILES string of the molecule is CCNC(Cc1ccccc1F)c1ccc(OC)c(F)c1. The summed E-state index contributed by atoms with van der Waals surface area (Å²) in [5.41, 5.74) is 1.39. The van der Waals surface area contributed by atoms with E-state index in [0.717, 1.165) is 5.56 Å². The van der Waals surface area contributed by atoms with Gasteiger partial charge in [-0.1, -0.05) is 31.2 Å². The zero-order chi connectivity index (χ0) is 15.2. The van der Waals surface area contributed by atoms with Crippen LogP contribution in [0, 0.1) is 11.6 Å². The number of ether oxygens (including phenoxy) is 1. The van der Waals surface area contributed by atoms with Gasteiger partial charge in [-0.15, -0.1) is 0 Å². The lowest BCUT2D eigenvalue weighted by atomic mass is 9.98. The molecule has 1 N–H and O–H groups in total. The first kappa shape index (κ1) is 15.4. The highest BCUT2D eigenvalue weighted by Crippen LogP contribution is 2.25. The second-order valence-corrected chi connectivity index (χ2v) is 4.80. The van der Waals surface area contributed by atoms with Gasteiger partial charge < -0.3 is 10.1 Å². The molecule has 0 spiro atoms. The smallest absolute Gasteiger partial charge is 0.165 e. The minimum Gasteiger partial charge on any atom is -0.494 e. The molecule has 0 fully saturated rings. The van der Waals surface area contributed by atoms with Crippen molar-refractivity contribution >= 4 is 0 Å². The molecule has 112 valence electrons. The zero-order valence-electron chi connectivity index (χ0n) is 12.2. The molecule has 2 nitrogen and oxygen atoms in total. The highest BCUT2D eigenvalue weighted by molar-refractivity contribution is 5.32. The van der Waals surface area contributed by atoms with Crippen LogP contribution in [-0.2, 0) is 6.42 Å². The highest BCUT2D eigenvalue weighted by Gasteiger charge is 2.15. The molecule has 0 saturated carbocycles. The minimum absolute atomic E-state index is 0.146. The maximum Gasteiger partial charge on any atom is 0.165 e. The lowest BCUT2D eigenvalue weighted by Gasteiger charge is -2.19. The van der Waals surface area contributed by atoms with E-state index in [1.165, 1.54) is 19.2 Å². The van der Waals surface area contributed by atoms with Crippen molar-refractivity contribution in [1.82, 2.24) is 5.32 Å². The molecule has 0 radical (unpaired) electrons. The first-order chi connectivity index (χ1) is 10.2. The van der Waals surface area contributed by atoms with Crippen LogP contribution in [-0.4, -0.2) is 13.7 Å². The molecule has 1 atom stereocenters. The Morgan fingerprint density at radius 3 is 2.48 bits per heavy atom. The molecule has 21 heavy (non-hydrogen) atoms. The van der Waals surface area contributed by atoms with E-state index in [4.69, 9.17) is 4.74 Å². The molecule has 2 rings (SSSR count). The Hall–Kier alpha value is -1.94. The molecule has 0 heterocycles. The van der Waals surface area contributed by atoms with Crippen molar-refractivity contribution < 1.29 is 13.5 Å². The van der Waals surface area contributed by atoms with E-state index in [1.807, 2.05) is 6.92 Å². The molecule has 0 aliphatic rings. The Kier molecular flexibility index (Phi) is 5.28. The van der Waals surface area contributed by atoms with Crippen LogP contribution in [0.4, 0.5) is 8.78 Å². The molecule has 0 saturated heterocycles. The van der Waals surface area contributed by atoms with E-state index >= 15 is 0 Å². The summed E-state index contributed by atoms with van der Waals surface area (Å²) in [6.45, 7) is 2.68.